The number of nitrogens with zero attached hydrogens (tertiary/aromatic N) is 5. The summed E-state index contributed by atoms with van der Waals surface area (Å²) in [5.74, 6) is 0.736. The molecule has 0 saturated carbocycles. The van der Waals surface area contributed by atoms with Gasteiger partial charge in [-0.15, -0.1) is 0 Å². The second-order valence-corrected chi connectivity index (χ2v) is 10.3. The number of aromatic hydroxyl groups is 1. The summed E-state index contributed by atoms with van der Waals surface area (Å²) in [5, 5.41) is 26.7. The second kappa shape index (κ2) is 11.4. The number of rotatable bonds is 6. The van der Waals surface area contributed by atoms with Crippen LogP contribution in [-0.4, -0.2) is 75.4 Å². The number of β-amino-alcohol motifs (C(OH)–C–C–N with tert-alkyl or cyclic N) is 1. The fraction of sp³-hybridized carbons (Fsp3) is 0.407. The van der Waals surface area contributed by atoms with E-state index >= 15 is 0 Å². The Hall–Kier alpha value is -4.00. The third kappa shape index (κ3) is 6.53. The third-order valence-corrected chi connectivity index (χ3v) is 6.91. The Morgan fingerprint density at radius 2 is 1.67 bits per heavy atom. The van der Waals surface area contributed by atoms with Crippen molar-refractivity contribution in [2.75, 3.05) is 46.6 Å². The van der Waals surface area contributed by atoms with E-state index in [-0.39, 0.29) is 35.4 Å². The number of carbonyl (C=O) groups excluding carboxylic acids is 1. The number of phenolic OH excluding ortho intramolecular Hbond substituents is 1. The van der Waals surface area contributed by atoms with Gasteiger partial charge >= 0.3 is 0 Å². The molecule has 0 unspecified atom stereocenters. The second-order valence-electron chi connectivity index (χ2n) is 10.3. The van der Waals surface area contributed by atoms with Crippen LogP contribution in [0.2, 0.25) is 0 Å². The van der Waals surface area contributed by atoms with E-state index in [1.807, 2.05) is 28.9 Å². The van der Waals surface area contributed by atoms with E-state index in [9.17, 15) is 15.0 Å². The van der Waals surface area contributed by atoms with Crippen LogP contribution in [0.15, 0.2) is 42.5 Å². The van der Waals surface area contributed by atoms with E-state index in [2.05, 4.69) is 20.6 Å². The van der Waals surface area contributed by atoms with Gasteiger partial charge in [0.1, 0.15) is 5.75 Å². The summed E-state index contributed by atoms with van der Waals surface area (Å²) < 4.78 is 0. The molecule has 5 rings (SSSR count). The number of nitrogens with one attached hydrogen (secondary N) is 2. The minimum atomic E-state index is -0.452. The molecule has 12 nitrogen and oxygen atoms in total. The van der Waals surface area contributed by atoms with Crippen LogP contribution in [-0.2, 0) is 0 Å². The Bertz CT molecular complexity index is 1310. The van der Waals surface area contributed by atoms with Crippen LogP contribution in [0.1, 0.15) is 35.2 Å². The molecule has 206 valence electrons. The van der Waals surface area contributed by atoms with Crippen LogP contribution in [0, 0.1) is 6.92 Å². The van der Waals surface area contributed by atoms with Gasteiger partial charge in [0.25, 0.3) is 5.91 Å². The van der Waals surface area contributed by atoms with Crippen molar-refractivity contribution in [3.05, 3.63) is 53.6 Å². The van der Waals surface area contributed by atoms with Crippen molar-refractivity contribution in [2.24, 2.45) is 11.5 Å². The molecule has 0 spiro atoms. The van der Waals surface area contributed by atoms with E-state index in [0.717, 1.165) is 31.4 Å². The fourth-order valence-electron chi connectivity index (χ4n) is 4.91. The highest BCUT2D eigenvalue weighted by Gasteiger charge is 2.27. The summed E-state index contributed by atoms with van der Waals surface area (Å²) >= 11 is 0. The lowest BCUT2D eigenvalue weighted by Gasteiger charge is -2.35. The average molecular weight is 534 g/mol. The fourth-order valence-corrected chi connectivity index (χ4v) is 4.91. The number of aliphatic hydroxyl groups excluding tert-OH is 1. The molecule has 3 atom stereocenters. The highest BCUT2D eigenvalue weighted by atomic mass is 16.3. The molecule has 0 radical (unpaired) electrons. The van der Waals surface area contributed by atoms with Gasteiger partial charge in [-0.05, 0) is 50.5 Å². The molecule has 2 fully saturated rings. The number of piperidine rings is 2. The number of benzene rings is 2. The molecular formula is C27H35N9O3. The summed E-state index contributed by atoms with van der Waals surface area (Å²) in [5.41, 5.74) is 14.8. The van der Waals surface area contributed by atoms with Gasteiger partial charge in [-0.25, -0.2) is 0 Å². The summed E-state index contributed by atoms with van der Waals surface area (Å²) in [7, 11) is 0. The summed E-state index contributed by atoms with van der Waals surface area (Å²) in [4.78, 5) is 30.4. The van der Waals surface area contributed by atoms with Crippen molar-refractivity contribution in [2.45, 2.75) is 44.4 Å². The molecule has 0 aliphatic carbocycles. The average Bonchev–Trinajstić information content (AvgIpc) is 2.90. The zero-order valence-corrected chi connectivity index (χ0v) is 21.9. The number of anilines is 5. The summed E-state index contributed by atoms with van der Waals surface area (Å²) in [6.07, 6.45) is 1.84. The first-order valence-corrected chi connectivity index (χ1v) is 13.2. The Balaban J connectivity index is 1.38. The van der Waals surface area contributed by atoms with Gasteiger partial charge in [-0.2, -0.15) is 15.0 Å². The lowest BCUT2D eigenvalue weighted by Crippen LogP contribution is -2.53. The van der Waals surface area contributed by atoms with Gasteiger partial charge in [-0.1, -0.05) is 17.7 Å². The van der Waals surface area contributed by atoms with Crippen molar-refractivity contribution >= 4 is 35.1 Å². The van der Waals surface area contributed by atoms with Gasteiger partial charge in [0.2, 0.25) is 17.8 Å². The standard InChI is InChI=1S/C27H35N9O3/c1-16-4-6-17(7-5-16)24(39)31-22-9-8-20(12-23(22)38)30-25-32-26(35-10-2-3-21(37)15-35)34-27(33-25)36-13-18(28)11-19(29)14-36/h4-9,12,18-19,21,37-38H,2-3,10-11,13-15,28-29H2,1H3,(H,31,39)(H,30,32,33,34)/t18-,19+,21-/m1/s1. The monoisotopic (exact) mass is 533 g/mol. The first-order valence-electron chi connectivity index (χ1n) is 13.2. The van der Waals surface area contributed by atoms with Gasteiger partial charge in [0.15, 0.2) is 0 Å². The number of hydrogen-bond donors (Lipinski definition) is 6. The highest BCUT2D eigenvalue weighted by Crippen LogP contribution is 2.30. The van der Waals surface area contributed by atoms with Gasteiger partial charge < -0.3 is 42.1 Å². The van der Waals surface area contributed by atoms with Gasteiger partial charge in [0, 0.05) is 55.6 Å². The predicted molar refractivity (Wildman–Crippen MR) is 151 cm³/mol. The lowest BCUT2D eigenvalue weighted by atomic mass is 10.0. The summed E-state index contributed by atoms with van der Waals surface area (Å²) in [6, 6.07) is 11.8. The molecule has 3 aromatic rings. The SMILES string of the molecule is Cc1ccc(C(=O)Nc2ccc(Nc3nc(N4C[C@H](N)C[C@H](N)C4)nc(N4CCC[C@@H](O)C4)n3)cc2O)cc1. The maximum absolute atomic E-state index is 12.6. The first kappa shape index (κ1) is 26.6. The van der Waals surface area contributed by atoms with Crippen molar-refractivity contribution in [3.8, 4) is 5.75 Å². The molecule has 2 aliphatic rings. The van der Waals surface area contributed by atoms with Gasteiger partial charge in [0.05, 0.1) is 11.8 Å². The number of hydrogen-bond acceptors (Lipinski definition) is 11. The molecule has 12 heteroatoms. The number of aromatic nitrogens is 3. The predicted octanol–water partition coefficient (Wildman–Crippen LogP) is 1.71. The van der Waals surface area contributed by atoms with Gasteiger partial charge in [-0.3, -0.25) is 4.79 Å². The van der Waals surface area contributed by atoms with E-state index < -0.39 is 6.10 Å². The van der Waals surface area contributed by atoms with E-state index in [4.69, 9.17) is 16.5 Å². The zero-order chi connectivity index (χ0) is 27.5. The Morgan fingerprint density at radius 1 is 0.974 bits per heavy atom. The van der Waals surface area contributed by atoms with Crippen molar-refractivity contribution in [1.82, 2.24) is 15.0 Å². The number of amides is 1. The Morgan fingerprint density at radius 3 is 2.33 bits per heavy atom. The molecular weight excluding hydrogens is 498 g/mol. The molecule has 8 N–H and O–H groups in total. The van der Waals surface area contributed by atoms with Crippen molar-refractivity contribution in [1.29, 1.82) is 0 Å². The van der Waals surface area contributed by atoms with Crippen LogP contribution in [0.3, 0.4) is 0 Å². The Kier molecular flexibility index (Phi) is 7.77. The number of phenols is 1. The van der Waals surface area contributed by atoms with Crippen LogP contribution in [0.25, 0.3) is 0 Å². The Labute approximate surface area is 227 Å². The van der Waals surface area contributed by atoms with Crippen LogP contribution >= 0.6 is 0 Å². The number of nitrogens with two attached hydrogens (primary N) is 2. The van der Waals surface area contributed by atoms with Crippen LogP contribution in [0.5, 0.6) is 5.75 Å². The smallest absolute Gasteiger partial charge is 0.255 e. The van der Waals surface area contributed by atoms with Crippen molar-refractivity contribution in [3.63, 3.8) is 0 Å². The highest BCUT2D eigenvalue weighted by molar-refractivity contribution is 6.05. The number of carbonyl (C=O) groups is 1. The minimum Gasteiger partial charge on any atom is -0.506 e. The van der Waals surface area contributed by atoms with E-state index in [1.54, 1.807) is 24.3 Å². The largest absolute Gasteiger partial charge is 0.506 e. The molecule has 2 aliphatic heterocycles. The minimum absolute atomic E-state index is 0.0956. The zero-order valence-electron chi connectivity index (χ0n) is 21.9. The molecule has 1 aromatic heterocycles. The molecule has 2 aromatic carbocycles. The van der Waals surface area contributed by atoms with Crippen molar-refractivity contribution < 1.29 is 15.0 Å². The first-order chi connectivity index (χ1) is 18.7. The third-order valence-electron chi connectivity index (χ3n) is 6.91. The molecule has 1 amide bonds. The maximum Gasteiger partial charge on any atom is 0.255 e. The molecule has 39 heavy (non-hydrogen) atoms. The number of aliphatic hydroxyl groups is 1. The molecule has 0 bridgehead atoms. The molecule has 3 heterocycles. The summed E-state index contributed by atoms with van der Waals surface area (Å²) in [6.45, 7) is 4.22. The van der Waals surface area contributed by atoms with E-state index in [1.165, 1.54) is 6.07 Å². The van der Waals surface area contributed by atoms with E-state index in [0.29, 0.717) is 42.8 Å². The quantitative estimate of drug-likeness (QED) is 0.254. The molecule has 2 saturated heterocycles. The lowest BCUT2D eigenvalue weighted by molar-refractivity contribution is 0.102. The topological polar surface area (TPSA) is 179 Å². The normalized spacial score (nSPS) is 21.5. The van der Waals surface area contributed by atoms with Crippen LogP contribution < -0.4 is 31.9 Å². The number of aryl methyl sites for hydroxylation is 1. The van der Waals surface area contributed by atoms with Crippen LogP contribution in [0.4, 0.5) is 29.2 Å². The maximum atomic E-state index is 12.6.